The minimum atomic E-state index is -0.697. The summed E-state index contributed by atoms with van der Waals surface area (Å²) in [6.45, 7) is 6.41. The van der Waals surface area contributed by atoms with E-state index >= 15 is 0 Å². The van der Waals surface area contributed by atoms with Crippen LogP contribution in [0.25, 0.3) is 6.08 Å². The Labute approximate surface area is 185 Å². The summed E-state index contributed by atoms with van der Waals surface area (Å²) in [6, 6.07) is 4.93. The second-order valence-corrected chi connectivity index (χ2v) is 8.18. The predicted molar refractivity (Wildman–Crippen MR) is 123 cm³/mol. The van der Waals surface area contributed by atoms with Gasteiger partial charge < -0.3 is 10.6 Å². The second-order valence-electron chi connectivity index (χ2n) is 7.34. The number of unbranched alkanes of at least 4 members (excludes halogenated alkanes) is 1. The Bertz CT molecular complexity index is 1060. The summed E-state index contributed by atoms with van der Waals surface area (Å²) in [7, 11) is 0. The minimum absolute atomic E-state index is 0.0240. The number of amides is 1. The van der Waals surface area contributed by atoms with E-state index in [2.05, 4.69) is 4.98 Å². The molecule has 1 heterocycles. The number of nitrogens with two attached hydrogens (primary N) is 1. The van der Waals surface area contributed by atoms with Gasteiger partial charge in [0.05, 0.1) is 0 Å². The number of aromatic nitrogens is 2. The van der Waals surface area contributed by atoms with Gasteiger partial charge >= 0.3 is 5.69 Å². The van der Waals surface area contributed by atoms with Crippen LogP contribution in [0.5, 0.6) is 0 Å². The van der Waals surface area contributed by atoms with Crippen LogP contribution in [0.15, 0.2) is 33.9 Å². The van der Waals surface area contributed by atoms with Crippen LogP contribution in [-0.4, -0.2) is 22.0 Å². The molecule has 1 amide bonds. The highest BCUT2D eigenvalue weighted by atomic mass is 35.5. The normalized spacial score (nSPS) is 11.4. The van der Waals surface area contributed by atoms with Crippen LogP contribution in [0.1, 0.15) is 39.2 Å². The zero-order valence-corrected chi connectivity index (χ0v) is 18.8. The summed E-state index contributed by atoms with van der Waals surface area (Å²) in [5, 5.41) is 0.881. The van der Waals surface area contributed by atoms with E-state index in [9.17, 15) is 14.4 Å². The number of rotatable bonds is 8. The number of hydrogen-bond acceptors (Lipinski definition) is 4. The average Bonchev–Trinajstić information content (AvgIpc) is 2.65. The van der Waals surface area contributed by atoms with Gasteiger partial charge in [0.2, 0.25) is 0 Å². The highest BCUT2D eigenvalue weighted by Crippen LogP contribution is 2.23. The fourth-order valence-corrected chi connectivity index (χ4v) is 3.39. The van der Waals surface area contributed by atoms with Crippen LogP contribution in [-0.2, 0) is 11.3 Å². The molecule has 9 heteroatoms. The van der Waals surface area contributed by atoms with Crippen molar-refractivity contribution in [2.75, 3.05) is 17.2 Å². The Balaban J connectivity index is 2.49. The molecule has 0 bridgehead atoms. The lowest BCUT2D eigenvalue weighted by Crippen LogP contribution is -2.42. The van der Waals surface area contributed by atoms with Crippen molar-refractivity contribution in [3.63, 3.8) is 0 Å². The molecular weight excluding hydrogens is 427 g/mol. The SMILES string of the molecule is CCCCn1c(N)c(N(CC(C)C)C(=O)/C=C/c2ccc(Cl)cc2Cl)c(=O)[nH]c1=O. The van der Waals surface area contributed by atoms with E-state index in [1.807, 2.05) is 20.8 Å². The molecule has 0 saturated carbocycles. The van der Waals surface area contributed by atoms with E-state index in [-0.39, 0.29) is 24.0 Å². The molecule has 3 N–H and O–H groups in total. The van der Waals surface area contributed by atoms with Gasteiger partial charge in [0, 0.05) is 29.2 Å². The number of nitrogens with one attached hydrogen (secondary N) is 1. The summed E-state index contributed by atoms with van der Waals surface area (Å²) >= 11 is 12.1. The smallest absolute Gasteiger partial charge is 0.330 e. The molecule has 0 aliphatic heterocycles. The summed E-state index contributed by atoms with van der Waals surface area (Å²) in [6.07, 6.45) is 4.42. The Morgan fingerprint density at radius 3 is 2.60 bits per heavy atom. The third-order valence-corrected chi connectivity index (χ3v) is 4.96. The van der Waals surface area contributed by atoms with Gasteiger partial charge in [0.1, 0.15) is 5.82 Å². The highest BCUT2D eigenvalue weighted by Gasteiger charge is 2.23. The Morgan fingerprint density at radius 2 is 2.00 bits per heavy atom. The molecule has 1 aromatic carbocycles. The van der Waals surface area contributed by atoms with Crippen molar-refractivity contribution in [2.24, 2.45) is 5.92 Å². The van der Waals surface area contributed by atoms with Crippen LogP contribution >= 0.6 is 23.2 Å². The van der Waals surface area contributed by atoms with Crippen LogP contribution in [0, 0.1) is 5.92 Å². The number of carbonyl (C=O) groups excluding carboxylic acids is 1. The molecule has 30 heavy (non-hydrogen) atoms. The van der Waals surface area contributed by atoms with E-state index in [1.54, 1.807) is 24.3 Å². The van der Waals surface area contributed by atoms with Crippen molar-refractivity contribution in [1.82, 2.24) is 9.55 Å². The molecule has 2 aromatic rings. The lowest BCUT2D eigenvalue weighted by Gasteiger charge is -2.25. The fraction of sp³-hybridized carbons (Fsp3) is 0.381. The molecule has 0 spiro atoms. The van der Waals surface area contributed by atoms with E-state index in [4.69, 9.17) is 28.9 Å². The van der Waals surface area contributed by atoms with Crippen LogP contribution in [0.2, 0.25) is 10.0 Å². The quantitative estimate of drug-likeness (QED) is 0.592. The molecule has 162 valence electrons. The standard InChI is InChI=1S/C21H26Cl2N4O3/c1-4-5-10-26-19(24)18(20(29)25-21(26)30)27(12-13(2)3)17(28)9-7-14-6-8-15(22)11-16(14)23/h6-9,11,13H,4-5,10,12,24H2,1-3H3,(H,25,29,30)/b9-7+. The first-order valence-corrected chi connectivity index (χ1v) is 10.5. The first-order chi connectivity index (χ1) is 14.1. The van der Waals surface area contributed by atoms with Crippen LogP contribution < -0.4 is 21.9 Å². The highest BCUT2D eigenvalue weighted by molar-refractivity contribution is 6.35. The van der Waals surface area contributed by atoms with Gasteiger partial charge in [-0.3, -0.25) is 19.1 Å². The Hall–Kier alpha value is -2.51. The molecule has 0 unspecified atom stereocenters. The summed E-state index contributed by atoms with van der Waals surface area (Å²) in [5.41, 5.74) is 5.47. The van der Waals surface area contributed by atoms with Gasteiger partial charge in [0.25, 0.3) is 11.5 Å². The molecule has 2 rings (SSSR count). The summed E-state index contributed by atoms with van der Waals surface area (Å²) < 4.78 is 1.29. The molecule has 0 radical (unpaired) electrons. The van der Waals surface area contributed by atoms with Gasteiger partial charge in [-0.1, -0.05) is 56.5 Å². The number of H-pyrrole nitrogens is 1. The summed E-state index contributed by atoms with van der Waals surface area (Å²) in [5.74, 6) is -0.423. The minimum Gasteiger partial charge on any atom is -0.383 e. The van der Waals surface area contributed by atoms with E-state index in [0.717, 1.165) is 6.42 Å². The lowest BCUT2D eigenvalue weighted by atomic mass is 10.1. The zero-order valence-electron chi connectivity index (χ0n) is 17.2. The van der Waals surface area contributed by atoms with Crippen molar-refractivity contribution in [2.45, 2.75) is 40.2 Å². The Kier molecular flexibility index (Phi) is 8.32. The maximum absolute atomic E-state index is 13.0. The van der Waals surface area contributed by atoms with E-state index in [1.165, 1.54) is 15.5 Å². The zero-order chi connectivity index (χ0) is 22.4. The number of nitrogens with zero attached hydrogens (tertiary/aromatic N) is 2. The third kappa shape index (κ3) is 5.77. The number of benzene rings is 1. The van der Waals surface area contributed by atoms with Gasteiger partial charge in [-0.15, -0.1) is 0 Å². The Morgan fingerprint density at radius 1 is 1.30 bits per heavy atom. The maximum atomic E-state index is 13.0. The van der Waals surface area contributed by atoms with E-state index in [0.29, 0.717) is 28.6 Å². The molecule has 0 fully saturated rings. The van der Waals surface area contributed by atoms with Crippen molar-refractivity contribution in [3.8, 4) is 0 Å². The number of nitrogen functional groups attached to an aromatic ring is 1. The van der Waals surface area contributed by atoms with Gasteiger partial charge in [-0.05, 0) is 36.1 Å². The second kappa shape index (κ2) is 10.5. The first kappa shape index (κ1) is 23.8. The number of hydrogen-bond donors (Lipinski definition) is 2. The van der Waals surface area contributed by atoms with Gasteiger partial charge in [0.15, 0.2) is 5.69 Å². The van der Waals surface area contributed by atoms with Crippen molar-refractivity contribution in [3.05, 3.63) is 60.7 Å². The monoisotopic (exact) mass is 452 g/mol. The van der Waals surface area contributed by atoms with Crippen molar-refractivity contribution < 1.29 is 4.79 Å². The summed E-state index contributed by atoms with van der Waals surface area (Å²) in [4.78, 5) is 41.4. The predicted octanol–water partition coefficient (Wildman–Crippen LogP) is 3.93. The first-order valence-electron chi connectivity index (χ1n) is 9.72. The van der Waals surface area contributed by atoms with Crippen molar-refractivity contribution in [1.29, 1.82) is 0 Å². The lowest BCUT2D eigenvalue weighted by molar-refractivity contribution is -0.114. The molecule has 0 atom stereocenters. The number of anilines is 2. The molecule has 0 aliphatic rings. The molecule has 1 aromatic heterocycles. The fourth-order valence-electron chi connectivity index (χ4n) is 2.92. The molecular formula is C21H26Cl2N4O3. The molecule has 0 aliphatic carbocycles. The van der Waals surface area contributed by atoms with Crippen LogP contribution in [0.3, 0.4) is 0 Å². The van der Waals surface area contributed by atoms with E-state index < -0.39 is 17.2 Å². The number of halogens is 2. The largest absolute Gasteiger partial charge is 0.383 e. The van der Waals surface area contributed by atoms with Gasteiger partial charge in [-0.25, -0.2) is 4.79 Å². The molecule has 7 nitrogen and oxygen atoms in total. The third-order valence-electron chi connectivity index (χ3n) is 4.40. The number of aromatic amines is 1. The van der Waals surface area contributed by atoms with Crippen LogP contribution in [0.4, 0.5) is 11.5 Å². The van der Waals surface area contributed by atoms with Crippen molar-refractivity contribution >= 4 is 46.7 Å². The average molecular weight is 453 g/mol. The van der Waals surface area contributed by atoms with Gasteiger partial charge in [-0.2, -0.15) is 0 Å². The molecule has 0 saturated heterocycles. The maximum Gasteiger partial charge on any atom is 0.330 e. The number of carbonyl (C=O) groups is 1. The topological polar surface area (TPSA) is 101 Å².